The van der Waals surface area contributed by atoms with E-state index < -0.39 is 0 Å². The van der Waals surface area contributed by atoms with Crippen molar-refractivity contribution in [1.29, 1.82) is 0 Å². The summed E-state index contributed by atoms with van der Waals surface area (Å²) in [6.45, 7) is 0.889. The van der Waals surface area contributed by atoms with E-state index in [4.69, 9.17) is 21.1 Å². The van der Waals surface area contributed by atoms with E-state index in [-0.39, 0.29) is 11.9 Å². The molecule has 1 aliphatic rings. The van der Waals surface area contributed by atoms with Gasteiger partial charge in [0.05, 0.1) is 19.4 Å². The van der Waals surface area contributed by atoms with E-state index in [2.05, 4.69) is 4.98 Å². The number of carbonyl (C=O) groups is 1. The molecule has 1 fully saturated rings. The first-order valence-electron chi connectivity index (χ1n) is 4.17. The molecule has 1 aliphatic heterocycles. The molecule has 74 valence electrons. The van der Waals surface area contributed by atoms with Crippen molar-refractivity contribution in [3.8, 4) is 5.75 Å². The fourth-order valence-corrected chi connectivity index (χ4v) is 1.11. The highest BCUT2D eigenvalue weighted by atomic mass is 35.5. The van der Waals surface area contributed by atoms with Gasteiger partial charge in [0.1, 0.15) is 16.8 Å². The number of esters is 1. The highest BCUT2D eigenvalue weighted by Crippen LogP contribution is 2.16. The van der Waals surface area contributed by atoms with Crippen molar-refractivity contribution in [3.05, 3.63) is 23.5 Å². The zero-order valence-corrected chi connectivity index (χ0v) is 8.03. The largest absolute Gasteiger partial charge is 0.425 e. The molecule has 14 heavy (non-hydrogen) atoms. The highest BCUT2D eigenvalue weighted by Gasteiger charge is 2.28. The van der Waals surface area contributed by atoms with Crippen LogP contribution < -0.4 is 4.74 Å². The van der Waals surface area contributed by atoms with Gasteiger partial charge in [-0.05, 0) is 12.1 Å². The number of carbonyl (C=O) groups excluding carboxylic acids is 1. The number of hydrogen-bond acceptors (Lipinski definition) is 4. The third-order valence-corrected chi connectivity index (χ3v) is 2.11. The Morgan fingerprint density at radius 1 is 1.57 bits per heavy atom. The Bertz CT molecular complexity index is 334. The third kappa shape index (κ3) is 2.02. The molecule has 2 rings (SSSR count). The van der Waals surface area contributed by atoms with Crippen LogP contribution in [0.25, 0.3) is 0 Å². The van der Waals surface area contributed by atoms with Crippen LogP contribution in [0.3, 0.4) is 0 Å². The number of ether oxygens (including phenoxy) is 2. The minimum atomic E-state index is -0.277. The number of aromatic nitrogens is 1. The van der Waals surface area contributed by atoms with Gasteiger partial charge in [0.15, 0.2) is 0 Å². The molecule has 0 N–H and O–H groups in total. The molecular weight excluding hydrogens is 206 g/mol. The molecule has 1 aromatic rings. The van der Waals surface area contributed by atoms with E-state index in [0.717, 1.165) is 0 Å². The van der Waals surface area contributed by atoms with Crippen LogP contribution in [0, 0.1) is 5.92 Å². The number of hydrogen-bond donors (Lipinski definition) is 0. The van der Waals surface area contributed by atoms with Crippen LogP contribution in [-0.4, -0.2) is 24.2 Å². The molecule has 2 heterocycles. The normalized spacial score (nSPS) is 16.1. The van der Waals surface area contributed by atoms with Crippen LogP contribution in [0.2, 0.25) is 5.15 Å². The summed E-state index contributed by atoms with van der Waals surface area (Å²) in [6.07, 6.45) is 1.42. The van der Waals surface area contributed by atoms with Crippen molar-refractivity contribution in [2.24, 2.45) is 5.92 Å². The Balaban J connectivity index is 1.96. The first-order valence-corrected chi connectivity index (χ1v) is 4.54. The van der Waals surface area contributed by atoms with Crippen LogP contribution in [0.1, 0.15) is 0 Å². The second-order valence-electron chi connectivity index (χ2n) is 2.97. The first-order chi connectivity index (χ1) is 6.75. The van der Waals surface area contributed by atoms with Gasteiger partial charge in [0, 0.05) is 0 Å². The van der Waals surface area contributed by atoms with Gasteiger partial charge in [-0.1, -0.05) is 11.6 Å². The van der Waals surface area contributed by atoms with Crippen molar-refractivity contribution in [1.82, 2.24) is 4.98 Å². The quantitative estimate of drug-likeness (QED) is 0.549. The van der Waals surface area contributed by atoms with Gasteiger partial charge in [-0.2, -0.15) is 0 Å². The van der Waals surface area contributed by atoms with Crippen LogP contribution >= 0.6 is 11.6 Å². The van der Waals surface area contributed by atoms with E-state index in [9.17, 15) is 4.79 Å². The smallest absolute Gasteiger partial charge is 0.319 e. The summed E-state index contributed by atoms with van der Waals surface area (Å²) in [5.74, 6) is -0.00245. The fraction of sp³-hybridized carbons (Fsp3) is 0.333. The highest BCUT2D eigenvalue weighted by molar-refractivity contribution is 6.29. The SMILES string of the molecule is O=C(Oc1ccc(Cl)nc1)C1COC1. The minimum absolute atomic E-state index is 0.134. The zero-order chi connectivity index (χ0) is 9.97. The van der Waals surface area contributed by atoms with Gasteiger partial charge in [-0.25, -0.2) is 4.98 Å². The van der Waals surface area contributed by atoms with Gasteiger partial charge < -0.3 is 9.47 Å². The summed E-state index contributed by atoms with van der Waals surface area (Å²) in [6, 6.07) is 3.17. The van der Waals surface area contributed by atoms with Crippen LogP contribution in [0.15, 0.2) is 18.3 Å². The minimum Gasteiger partial charge on any atom is -0.425 e. The molecule has 0 aromatic carbocycles. The lowest BCUT2D eigenvalue weighted by atomic mass is 10.1. The molecule has 0 spiro atoms. The van der Waals surface area contributed by atoms with Crippen LogP contribution in [-0.2, 0) is 9.53 Å². The second-order valence-corrected chi connectivity index (χ2v) is 3.36. The topological polar surface area (TPSA) is 48.4 Å². The van der Waals surface area contributed by atoms with Crippen molar-refractivity contribution in [2.75, 3.05) is 13.2 Å². The number of nitrogens with zero attached hydrogens (tertiary/aromatic N) is 1. The van der Waals surface area contributed by atoms with Crippen molar-refractivity contribution in [3.63, 3.8) is 0 Å². The maximum Gasteiger partial charge on any atom is 0.319 e. The third-order valence-electron chi connectivity index (χ3n) is 1.89. The maximum absolute atomic E-state index is 11.3. The molecule has 0 atom stereocenters. The Kier molecular flexibility index (Phi) is 2.65. The van der Waals surface area contributed by atoms with E-state index in [1.807, 2.05) is 0 Å². The van der Waals surface area contributed by atoms with Gasteiger partial charge in [-0.15, -0.1) is 0 Å². The number of halogens is 1. The summed E-state index contributed by atoms with van der Waals surface area (Å²) in [4.78, 5) is 15.1. The second kappa shape index (κ2) is 3.94. The van der Waals surface area contributed by atoms with Crippen LogP contribution in [0.5, 0.6) is 5.75 Å². The fourth-order valence-electron chi connectivity index (χ4n) is 0.994. The maximum atomic E-state index is 11.3. The lowest BCUT2D eigenvalue weighted by Crippen LogP contribution is -2.37. The molecule has 0 saturated carbocycles. The Hall–Kier alpha value is -1.13. The number of rotatable bonds is 2. The van der Waals surface area contributed by atoms with Gasteiger partial charge in [0.25, 0.3) is 0 Å². The molecule has 0 radical (unpaired) electrons. The molecule has 0 amide bonds. The molecule has 0 aliphatic carbocycles. The first kappa shape index (κ1) is 9.43. The monoisotopic (exact) mass is 213 g/mol. The van der Waals surface area contributed by atoms with Gasteiger partial charge in [0.2, 0.25) is 0 Å². The average Bonchev–Trinajstić information content (AvgIpc) is 2.06. The Labute approximate surface area is 85.8 Å². The molecule has 0 unspecified atom stereocenters. The van der Waals surface area contributed by atoms with Crippen LogP contribution in [0.4, 0.5) is 0 Å². The Morgan fingerprint density at radius 2 is 2.36 bits per heavy atom. The van der Waals surface area contributed by atoms with E-state index >= 15 is 0 Å². The number of pyridine rings is 1. The van der Waals surface area contributed by atoms with Crippen molar-refractivity contribution in [2.45, 2.75) is 0 Å². The summed E-state index contributed by atoms with van der Waals surface area (Å²) in [7, 11) is 0. The van der Waals surface area contributed by atoms with E-state index in [0.29, 0.717) is 24.1 Å². The predicted octanol–water partition coefficient (Wildman–Crippen LogP) is 1.29. The molecule has 4 nitrogen and oxygen atoms in total. The molecular formula is C9H8ClNO3. The Morgan fingerprint density at radius 3 is 2.86 bits per heavy atom. The lowest BCUT2D eigenvalue weighted by molar-refractivity contribution is -0.153. The molecule has 0 bridgehead atoms. The summed E-state index contributed by atoms with van der Waals surface area (Å²) < 4.78 is 9.91. The molecule has 1 aromatic heterocycles. The summed E-state index contributed by atoms with van der Waals surface area (Å²) >= 11 is 5.58. The summed E-state index contributed by atoms with van der Waals surface area (Å²) in [5.41, 5.74) is 0. The van der Waals surface area contributed by atoms with E-state index in [1.54, 1.807) is 12.1 Å². The van der Waals surface area contributed by atoms with Crippen molar-refractivity contribution < 1.29 is 14.3 Å². The molecule has 5 heteroatoms. The van der Waals surface area contributed by atoms with Gasteiger partial charge >= 0.3 is 5.97 Å². The summed E-state index contributed by atoms with van der Waals surface area (Å²) in [5, 5.41) is 0.372. The van der Waals surface area contributed by atoms with Gasteiger partial charge in [-0.3, -0.25) is 4.79 Å². The zero-order valence-electron chi connectivity index (χ0n) is 7.27. The molecule has 1 saturated heterocycles. The predicted molar refractivity (Wildman–Crippen MR) is 49.2 cm³/mol. The lowest BCUT2D eigenvalue weighted by Gasteiger charge is -2.23. The van der Waals surface area contributed by atoms with E-state index in [1.165, 1.54) is 6.20 Å². The van der Waals surface area contributed by atoms with Crippen molar-refractivity contribution >= 4 is 17.6 Å². The average molecular weight is 214 g/mol. The standard InChI is InChI=1S/C9H8ClNO3/c10-8-2-1-7(3-11-8)14-9(12)6-4-13-5-6/h1-3,6H,4-5H2.